The Balaban J connectivity index is 1.38. The van der Waals surface area contributed by atoms with Gasteiger partial charge in [-0.15, -0.1) is 11.3 Å². The van der Waals surface area contributed by atoms with Gasteiger partial charge in [0.15, 0.2) is 6.10 Å². The number of anilines is 1. The predicted molar refractivity (Wildman–Crippen MR) is 148 cm³/mol. The number of hydrogen-bond acceptors (Lipinski definition) is 7. The van der Waals surface area contributed by atoms with Crippen molar-refractivity contribution < 1.29 is 23.9 Å². The minimum Gasteiger partial charge on any atom is -0.481 e. The Morgan fingerprint density at radius 1 is 1.13 bits per heavy atom. The Morgan fingerprint density at radius 2 is 1.87 bits per heavy atom. The lowest BCUT2D eigenvalue weighted by Crippen LogP contribution is -2.33. The fraction of sp³-hybridized carbons (Fsp3) is 0.310. The third-order valence-electron chi connectivity index (χ3n) is 6.20. The van der Waals surface area contributed by atoms with Crippen molar-refractivity contribution in [2.75, 3.05) is 11.9 Å². The fourth-order valence-electron chi connectivity index (χ4n) is 4.18. The number of benzene rings is 2. The van der Waals surface area contributed by atoms with Gasteiger partial charge in [0.05, 0.1) is 18.4 Å². The molecular weight excluding hydrogens is 502 g/mol. The lowest BCUT2D eigenvalue weighted by molar-refractivity contribution is -0.127. The molecule has 4 rings (SSSR count). The molecule has 2 atom stereocenters. The summed E-state index contributed by atoms with van der Waals surface area (Å²) in [6.45, 7) is 5.84. The number of rotatable bonds is 9. The average Bonchev–Trinajstić information content (AvgIpc) is 3.26. The smallest absolute Gasteiger partial charge is 0.341 e. The van der Waals surface area contributed by atoms with Gasteiger partial charge in [-0.25, -0.2) is 10.2 Å². The number of esters is 1. The molecule has 9 heteroatoms. The van der Waals surface area contributed by atoms with Crippen LogP contribution in [-0.4, -0.2) is 36.7 Å². The van der Waals surface area contributed by atoms with Crippen LogP contribution in [0.15, 0.2) is 59.7 Å². The Kier molecular flexibility index (Phi) is 8.91. The van der Waals surface area contributed by atoms with Crippen LogP contribution in [-0.2, 0) is 22.4 Å². The van der Waals surface area contributed by atoms with Crippen molar-refractivity contribution in [1.82, 2.24) is 5.43 Å². The van der Waals surface area contributed by atoms with E-state index in [9.17, 15) is 14.4 Å². The van der Waals surface area contributed by atoms with Gasteiger partial charge in [-0.05, 0) is 74.4 Å². The van der Waals surface area contributed by atoms with E-state index < -0.39 is 18.0 Å². The molecule has 1 aromatic heterocycles. The zero-order valence-corrected chi connectivity index (χ0v) is 22.5. The summed E-state index contributed by atoms with van der Waals surface area (Å²) in [5.41, 5.74) is 5.19. The van der Waals surface area contributed by atoms with E-state index in [0.29, 0.717) is 27.8 Å². The Bertz CT molecular complexity index is 1320. The van der Waals surface area contributed by atoms with Gasteiger partial charge in [0.1, 0.15) is 10.8 Å². The van der Waals surface area contributed by atoms with Crippen LogP contribution in [0.2, 0.25) is 0 Å². The van der Waals surface area contributed by atoms with Gasteiger partial charge >= 0.3 is 5.97 Å². The van der Waals surface area contributed by atoms with Gasteiger partial charge in [-0.2, -0.15) is 5.10 Å². The van der Waals surface area contributed by atoms with E-state index in [1.54, 1.807) is 44.3 Å². The normalized spacial score (nSPS) is 15.4. The van der Waals surface area contributed by atoms with Crippen LogP contribution in [0.1, 0.15) is 63.9 Å². The molecule has 1 aliphatic rings. The van der Waals surface area contributed by atoms with Gasteiger partial charge in [-0.3, -0.25) is 9.59 Å². The molecule has 198 valence electrons. The Labute approximate surface area is 226 Å². The molecule has 1 aliphatic carbocycles. The number of nitrogens with one attached hydrogen (secondary N) is 2. The summed E-state index contributed by atoms with van der Waals surface area (Å²) < 4.78 is 11.0. The van der Waals surface area contributed by atoms with Gasteiger partial charge < -0.3 is 14.8 Å². The Hall–Kier alpha value is -3.98. The van der Waals surface area contributed by atoms with Crippen molar-refractivity contribution in [3.8, 4) is 5.75 Å². The molecule has 1 heterocycles. The lowest BCUT2D eigenvalue weighted by Gasteiger charge is -2.18. The number of fused-ring (bicyclic) bond motifs is 1. The molecular formula is C29H31N3O5S. The summed E-state index contributed by atoms with van der Waals surface area (Å²) in [7, 11) is 0. The van der Waals surface area contributed by atoms with E-state index in [2.05, 4.69) is 22.8 Å². The molecule has 2 N–H and O–H groups in total. The number of hydrazone groups is 1. The highest BCUT2D eigenvalue weighted by Crippen LogP contribution is 2.40. The monoisotopic (exact) mass is 533 g/mol. The first-order valence-electron chi connectivity index (χ1n) is 12.6. The number of thiophene rings is 1. The zero-order valence-electron chi connectivity index (χ0n) is 21.7. The first-order valence-corrected chi connectivity index (χ1v) is 13.4. The summed E-state index contributed by atoms with van der Waals surface area (Å²) in [6.07, 6.45) is 3.44. The molecule has 38 heavy (non-hydrogen) atoms. The maximum absolute atomic E-state index is 13.0. The van der Waals surface area contributed by atoms with Crippen LogP contribution < -0.4 is 15.5 Å². The van der Waals surface area contributed by atoms with Crippen LogP contribution >= 0.6 is 11.3 Å². The van der Waals surface area contributed by atoms with E-state index in [0.717, 1.165) is 35.3 Å². The third kappa shape index (κ3) is 6.66. The standard InChI is InChI=1S/C29H31N3O5S/c1-4-36-29(35)25-23-15-10-18(2)16-24(23)38-28(25)31-27(34)21-11-13-22(14-12-21)37-19(3)26(33)32-30-17-20-8-6-5-7-9-20/h5-9,11-14,17-19H,4,10,15-16H2,1-3H3,(H,31,34)(H,32,33)/b30-17-/t18-,19+/m0/s1. The maximum Gasteiger partial charge on any atom is 0.341 e. The molecule has 3 aromatic rings. The number of ether oxygens (including phenoxy) is 2. The summed E-state index contributed by atoms with van der Waals surface area (Å²) >= 11 is 1.45. The topological polar surface area (TPSA) is 106 Å². The summed E-state index contributed by atoms with van der Waals surface area (Å²) in [5, 5.41) is 7.38. The second-order valence-electron chi connectivity index (χ2n) is 9.16. The molecule has 0 saturated carbocycles. The molecule has 0 unspecified atom stereocenters. The fourth-order valence-corrected chi connectivity index (χ4v) is 5.57. The number of hydrogen-bond donors (Lipinski definition) is 2. The van der Waals surface area contributed by atoms with Gasteiger partial charge in [-0.1, -0.05) is 37.3 Å². The number of amides is 2. The molecule has 0 spiro atoms. The maximum atomic E-state index is 13.0. The van der Waals surface area contributed by atoms with E-state index >= 15 is 0 Å². The number of nitrogens with zero attached hydrogens (tertiary/aromatic N) is 1. The largest absolute Gasteiger partial charge is 0.481 e. The zero-order chi connectivity index (χ0) is 27.1. The van der Waals surface area contributed by atoms with Crippen molar-refractivity contribution in [3.63, 3.8) is 0 Å². The first kappa shape index (κ1) is 27.1. The van der Waals surface area contributed by atoms with Crippen LogP contribution in [0.5, 0.6) is 5.75 Å². The van der Waals surface area contributed by atoms with Crippen LogP contribution in [0.4, 0.5) is 5.00 Å². The molecule has 0 fully saturated rings. The molecule has 0 aliphatic heterocycles. The molecule has 2 aromatic carbocycles. The minimum atomic E-state index is -0.797. The highest BCUT2D eigenvalue weighted by atomic mass is 32.1. The average molecular weight is 534 g/mol. The number of carbonyl (C=O) groups is 3. The number of carbonyl (C=O) groups excluding carboxylic acids is 3. The minimum absolute atomic E-state index is 0.268. The molecule has 0 radical (unpaired) electrons. The van der Waals surface area contributed by atoms with E-state index in [4.69, 9.17) is 9.47 Å². The molecule has 2 amide bonds. The van der Waals surface area contributed by atoms with E-state index in [1.165, 1.54) is 11.3 Å². The SMILES string of the molecule is CCOC(=O)c1c(NC(=O)c2ccc(O[C@H](C)C(=O)N/N=C\c3ccccc3)cc2)sc2c1CC[C@H](C)C2. The van der Waals surface area contributed by atoms with Crippen LogP contribution in [0.25, 0.3) is 0 Å². The van der Waals surface area contributed by atoms with Gasteiger partial charge in [0.2, 0.25) is 0 Å². The van der Waals surface area contributed by atoms with Crippen molar-refractivity contribution >= 4 is 40.3 Å². The second-order valence-corrected chi connectivity index (χ2v) is 10.3. The third-order valence-corrected chi connectivity index (χ3v) is 7.37. The summed E-state index contributed by atoms with van der Waals surface area (Å²) in [4.78, 5) is 39.2. The van der Waals surface area contributed by atoms with Crippen molar-refractivity contribution in [1.29, 1.82) is 0 Å². The highest BCUT2D eigenvalue weighted by Gasteiger charge is 2.29. The first-order chi connectivity index (χ1) is 18.4. The second kappa shape index (κ2) is 12.5. The molecule has 0 saturated heterocycles. The summed E-state index contributed by atoms with van der Waals surface area (Å²) in [6, 6.07) is 15.9. The molecule has 0 bridgehead atoms. The Morgan fingerprint density at radius 3 is 2.58 bits per heavy atom. The van der Waals surface area contributed by atoms with Crippen LogP contribution in [0, 0.1) is 5.92 Å². The van der Waals surface area contributed by atoms with Crippen molar-refractivity contribution in [2.24, 2.45) is 11.0 Å². The van der Waals surface area contributed by atoms with E-state index in [1.807, 2.05) is 30.3 Å². The van der Waals surface area contributed by atoms with E-state index in [-0.39, 0.29) is 12.5 Å². The highest BCUT2D eigenvalue weighted by molar-refractivity contribution is 7.17. The van der Waals surface area contributed by atoms with Gasteiger partial charge in [0, 0.05) is 10.4 Å². The quantitative estimate of drug-likeness (QED) is 0.223. The van der Waals surface area contributed by atoms with Gasteiger partial charge in [0.25, 0.3) is 11.8 Å². The summed E-state index contributed by atoms with van der Waals surface area (Å²) in [5.74, 6) is -0.174. The van der Waals surface area contributed by atoms with Crippen molar-refractivity contribution in [2.45, 2.75) is 46.1 Å². The predicted octanol–water partition coefficient (Wildman–Crippen LogP) is 5.22. The van der Waals surface area contributed by atoms with Crippen molar-refractivity contribution in [3.05, 3.63) is 81.7 Å². The lowest BCUT2D eigenvalue weighted by atomic mass is 9.88. The molecule has 8 nitrogen and oxygen atoms in total. The van der Waals surface area contributed by atoms with Crippen LogP contribution in [0.3, 0.4) is 0 Å².